The quantitative estimate of drug-likeness (QED) is 0.555. The van der Waals surface area contributed by atoms with Gasteiger partial charge in [-0.25, -0.2) is 4.68 Å². The van der Waals surface area contributed by atoms with Crippen LogP contribution >= 0.6 is 0 Å². The largest absolute Gasteiger partial charge is 0.494 e. The van der Waals surface area contributed by atoms with Crippen molar-refractivity contribution in [3.63, 3.8) is 0 Å². The van der Waals surface area contributed by atoms with E-state index in [1.807, 2.05) is 49.4 Å². The number of aromatic nitrogens is 2. The van der Waals surface area contributed by atoms with E-state index < -0.39 is 0 Å². The summed E-state index contributed by atoms with van der Waals surface area (Å²) >= 11 is 0. The third-order valence-electron chi connectivity index (χ3n) is 5.03. The van der Waals surface area contributed by atoms with Gasteiger partial charge in [-0.05, 0) is 61.4 Å². The highest BCUT2D eigenvalue weighted by molar-refractivity contribution is 5.75. The fraction of sp³-hybridized carbons (Fsp3) is 0.292. The lowest BCUT2D eigenvalue weighted by Gasteiger charge is -2.09. The molecule has 0 aliphatic carbocycles. The van der Waals surface area contributed by atoms with E-state index in [9.17, 15) is 9.59 Å². The summed E-state index contributed by atoms with van der Waals surface area (Å²) < 4.78 is 17.5. The van der Waals surface area contributed by atoms with Crippen LogP contribution in [0.4, 0.5) is 0 Å². The number of aryl methyl sites for hydroxylation is 1. The predicted octanol–water partition coefficient (Wildman–Crippen LogP) is 3.13. The minimum absolute atomic E-state index is 0.0848. The fourth-order valence-electron chi connectivity index (χ4n) is 3.38. The Hall–Kier alpha value is -3.81. The fourth-order valence-corrected chi connectivity index (χ4v) is 3.38. The van der Waals surface area contributed by atoms with E-state index >= 15 is 0 Å². The average Bonchev–Trinajstić information content (AvgIpc) is 3.28. The molecule has 32 heavy (non-hydrogen) atoms. The van der Waals surface area contributed by atoms with Gasteiger partial charge in [-0.1, -0.05) is 6.07 Å². The summed E-state index contributed by atoms with van der Waals surface area (Å²) in [4.78, 5) is 24.4. The van der Waals surface area contributed by atoms with Crippen molar-refractivity contribution in [1.82, 2.24) is 15.1 Å². The molecule has 8 heteroatoms. The standard InChI is InChI=1S/C24H25N3O5/c1-2-30-19-8-6-18(7-9-19)20-10-12-24(29)27(26-20)13-3-4-23(28)25-15-17-5-11-21-22(14-17)32-16-31-21/h5-12,14H,2-4,13,15-16H2,1H3,(H,25,28). The Morgan fingerprint density at radius 2 is 1.91 bits per heavy atom. The van der Waals surface area contributed by atoms with Gasteiger partial charge >= 0.3 is 0 Å². The van der Waals surface area contributed by atoms with Gasteiger partial charge in [-0.2, -0.15) is 5.10 Å². The number of carbonyl (C=O) groups is 1. The van der Waals surface area contributed by atoms with Gasteiger partial charge in [0.25, 0.3) is 5.56 Å². The van der Waals surface area contributed by atoms with Crippen LogP contribution in [0.3, 0.4) is 0 Å². The highest BCUT2D eigenvalue weighted by Crippen LogP contribution is 2.32. The van der Waals surface area contributed by atoms with Gasteiger partial charge < -0.3 is 19.5 Å². The maximum atomic E-state index is 12.2. The molecule has 2 heterocycles. The molecule has 1 aliphatic rings. The Bertz CT molecular complexity index is 1140. The molecule has 166 valence electrons. The lowest BCUT2D eigenvalue weighted by atomic mass is 10.1. The maximum absolute atomic E-state index is 12.2. The Morgan fingerprint density at radius 3 is 2.72 bits per heavy atom. The van der Waals surface area contributed by atoms with Crippen LogP contribution < -0.4 is 25.1 Å². The Morgan fingerprint density at radius 1 is 1.09 bits per heavy atom. The average molecular weight is 435 g/mol. The zero-order chi connectivity index (χ0) is 22.3. The maximum Gasteiger partial charge on any atom is 0.266 e. The molecular formula is C24H25N3O5. The Labute approximate surface area is 185 Å². The Balaban J connectivity index is 1.29. The van der Waals surface area contributed by atoms with Gasteiger partial charge in [-0.15, -0.1) is 0 Å². The van der Waals surface area contributed by atoms with Crippen molar-refractivity contribution in [3.05, 3.63) is 70.5 Å². The lowest BCUT2D eigenvalue weighted by Crippen LogP contribution is -2.25. The topological polar surface area (TPSA) is 91.7 Å². The van der Waals surface area contributed by atoms with E-state index in [-0.39, 0.29) is 18.3 Å². The van der Waals surface area contributed by atoms with Crippen LogP contribution in [0.25, 0.3) is 11.3 Å². The van der Waals surface area contributed by atoms with Crippen molar-refractivity contribution in [3.8, 4) is 28.5 Å². The highest BCUT2D eigenvalue weighted by Gasteiger charge is 2.13. The van der Waals surface area contributed by atoms with Crippen molar-refractivity contribution in [2.24, 2.45) is 0 Å². The van der Waals surface area contributed by atoms with E-state index in [0.29, 0.717) is 49.7 Å². The van der Waals surface area contributed by atoms with Crippen molar-refractivity contribution in [2.75, 3.05) is 13.4 Å². The number of hydrogen-bond acceptors (Lipinski definition) is 6. The van der Waals surface area contributed by atoms with Gasteiger partial charge in [0.1, 0.15) is 5.75 Å². The van der Waals surface area contributed by atoms with Crippen molar-refractivity contribution < 1.29 is 19.0 Å². The molecule has 0 saturated heterocycles. The normalized spacial score (nSPS) is 11.9. The number of carbonyl (C=O) groups excluding carboxylic acids is 1. The number of fused-ring (bicyclic) bond motifs is 1. The van der Waals surface area contributed by atoms with Crippen LogP contribution in [-0.4, -0.2) is 29.1 Å². The van der Waals surface area contributed by atoms with Crippen molar-refractivity contribution in [1.29, 1.82) is 0 Å². The van der Waals surface area contributed by atoms with E-state index in [1.165, 1.54) is 10.7 Å². The van der Waals surface area contributed by atoms with Crippen LogP contribution in [0, 0.1) is 0 Å². The first-order valence-electron chi connectivity index (χ1n) is 10.6. The molecule has 4 rings (SSSR count). The molecule has 8 nitrogen and oxygen atoms in total. The van der Waals surface area contributed by atoms with Crippen LogP contribution in [0.5, 0.6) is 17.2 Å². The predicted molar refractivity (Wildman–Crippen MR) is 119 cm³/mol. The summed E-state index contributed by atoms with van der Waals surface area (Å²) in [7, 11) is 0. The second-order valence-electron chi connectivity index (χ2n) is 7.31. The molecule has 0 bridgehead atoms. The molecule has 0 fully saturated rings. The zero-order valence-electron chi connectivity index (χ0n) is 17.9. The highest BCUT2D eigenvalue weighted by atomic mass is 16.7. The smallest absolute Gasteiger partial charge is 0.266 e. The van der Waals surface area contributed by atoms with Crippen molar-refractivity contribution >= 4 is 5.91 Å². The molecule has 3 aromatic rings. The first-order chi connectivity index (χ1) is 15.6. The molecule has 0 radical (unpaired) electrons. The summed E-state index contributed by atoms with van der Waals surface area (Å²) in [5.74, 6) is 2.11. The molecule has 1 aliphatic heterocycles. The molecule has 0 saturated carbocycles. The minimum Gasteiger partial charge on any atom is -0.494 e. The van der Waals surface area contributed by atoms with Crippen LogP contribution in [0.1, 0.15) is 25.3 Å². The number of amides is 1. The number of nitrogens with one attached hydrogen (secondary N) is 1. The SMILES string of the molecule is CCOc1ccc(-c2ccc(=O)n(CCCC(=O)NCc3ccc4c(c3)OCO4)n2)cc1. The number of hydrogen-bond donors (Lipinski definition) is 1. The monoisotopic (exact) mass is 435 g/mol. The molecule has 1 N–H and O–H groups in total. The van der Waals surface area contributed by atoms with Gasteiger partial charge in [0.05, 0.1) is 12.3 Å². The summed E-state index contributed by atoms with van der Waals surface area (Å²) in [5, 5.41) is 7.34. The lowest BCUT2D eigenvalue weighted by molar-refractivity contribution is -0.121. The zero-order valence-corrected chi connectivity index (χ0v) is 17.9. The van der Waals surface area contributed by atoms with Gasteiger partial charge in [-0.3, -0.25) is 9.59 Å². The summed E-state index contributed by atoms with van der Waals surface area (Å²) in [6, 6.07) is 16.4. The summed E-state index contributed by atoms with van der Waals surface area (Å²) in [6.45, 7) is 3.52. The molecule has 0 spiro atoms. The van der Waals surface area contributed by atoms with Gasteiger partial charge in [0.15, 0.2) is 11.5 Å². The molecule has 1 amide bonds. The second kappa shape index (κ2) is 10.00. The second-order valence-corrected chi connectivity index (χ2v) is 7.31. The van der Waals surface area contributed by atoms with Gasteiger partial charge in [0.2, 0.25) is 12.7 Å². The minimum atomic E-state index is -0.194. The first kappa shape index (κ1) is 21.4. The number of ether oxygens (including phenoxy) is 3. The van der Waals surface area contributed by atoms with Crippen LogP contribution in [-0.2, 0) is 17.9 Å². The van der Waals surface area contributed by atoms with E-state index in [4.69, 9.17) is 14.2 Å². The number of rotatable bonds is 9. The van der Waals surface area contributed by atoms with E-state index in [2.05, 4.69) is 10.4 Å². The summed E-state index contributed by atoms with van der Waals surface area (Å²) in [5.41, 5.74) is 2.33. The van der Waals surface area contributed by atoms with Gasteiger partial charge in [0, 0.05) is 31.1 Å². The van der Waals surface area contributed by atoms with E-state index in [0.717, 1.165) is 16.9 Å². The molecule has 0 unspecified atom stereocenters. The molecular weight excluding hydrogens is 410 g/mol. The third-order valence-corrected chi connectivity index (χ3v) is 5.03. The summed E-state index contributed by atoms with van der Waals surface area (Å²) in [6.07, 6.45) is 0.804. The number of benzene rings is 2. The molecule has 1 aromatic heterocycles. The number of nitrogens with zero attached hydrogens (tertiary/aromatic N) is 2. The van der Waals surface area contributed by atoms with Crippen LogP contribution in [0.15, 0.2) is 59.4 Å². The van der Waals surface area contributed by atoms with Crippen LogP contribution in [0.2, 0.25) is 0 Å². The van der Waals surface area contributed by atoms with Crippen molar-refractivity contribution in [2.45, 2.75) is 32.9 Å². The third kappa shape index (κ3) is 5.26. The molecule has 2 aromatic carbocycles. The van der Waals surface area contributed by atoms with E-state index in [1.54, 1.807) is 6.07 Å². The Kier molecular flexibility index (Phi) is 6.69. The first-order valence-corrected chi connectivity index (χ1v) is 10.6. The molecule has 0 atom stereocenters.